The van der Waals surface area contributed by atoms with Crippen molar-refractivity contribution in [2.24, 2.45) is 5.92 Å². The quantitative estimate of drug-likeness (QED) is 0.472. The highest BCUT2D eigenvalue weighted by atomic mass is 35.5. The van der Waals surface area contributed by atoms with Gasteiger partial charge in [-0.3, -0.25) is 14.5 Å². The van der Waals surface area contributed by atoms with Crippen molar-refractivity contribution < 1.29 is 14.3 Å². The van der Waals surface area contributed by atoms with Gasteiger partial charge in [-0.05, 0) is 93.5 Å². The van der Waals surface area contributed by atoms with Crippen LogP contribution in [0.5, 0.6) is 5.75 Å². The van der Waals surface area contributed by atoms with Crippen LogP contribution in [0.25, 0.3) is 0 Å². The molecule has 2 saturated heterocycles. The molecule has 0 bridgehead atoms. The molecule has 2 aromatic rings. The molecule has 2 heterocycles. The third kappa shape index (κ3) is 6.35. The van der Waals surface area contributed by atoms with Crippen molar-refractivity contribution in [2.45, 2.75) is 39.2 Å². The fourth-order valence-corrected chi connectivity index (χ4v) is 5.26. The Bertz CT molecular complexity index is 1090. The van der Waals surface area contributed by atoms with Crippen LogP contribution < -0.4 is 15.0 Å². The SMILES string of the molecule is CCOc1ccc(NC(=O)CC2C(=O)N(c3cccc(Cl)c3)C(=S)N2CCN2CCC(C)CC2)cc1. The predicted molar refractivity (Wildman–Crippen MR) is 148 cm³/mol. The van der Waals surface area contributed by atoms with Gasteiger partial charge in [-0.15, -0.1) is 0 Å². The van der Waals surface area contributed by atoms with Gasteiger partial charge in [0.05, 0.1) is 18.7 Å². The molecule has 2 fully saturated rings. The molecule has 1 N–H and O–H groups in total. The number of anilines is 2. The fourth-order valence-electron chi connectivity index (χ4n) is 4.66. The summed E-state index contributed by atoms with van der Waals surface area (Å²) in [6.45, 7) is 8.23. The van der Waals surface area contributed by atoms with Gasteiger partial charge in [0.2, 0.25) is 5.91 Å². The molecule has 2 amide bonds. The number of carbonyl (C=O) groups is 2. The van der Waals surface area contributed by atoms with Crippen molar-refractivity contribution in [3.8, 4) is 5.75 Å². The Morgan fingerprint density at radius 1 is 1.14 bits per heavy atom. The number of hydrogen-bond acceptors (Lipinski definition) is 5. The number of rotatable bonds is 9. The monoisotopic (exact) mass is 528 g/mol. The summed E-state index contributed by atoms with van der Waals surface area (Å²) in [6.07, 6.45) is 2.35. The van der Waals surface area contributed by atoms with Crippen LogP contribution in [0, 0.1) is 5.92 Å². The normalized spacial score (nSPS) is 19.1. The third-order valence-electron chi connectivity index (χ3n) is 6.75. The number of benzene rings is 2. The van der Waals surface area contributed by atoms with Crippen LogP contribution in [0.2, 0.25) is 5.02 Å². The van der Waals surface area contributed by atoms with Crippen molar-refractivity contribution in [1.82, 2.24) is 9.80 Å². The van der Waals surface area contributed by atoms with Crippen molar-refractivity contribution in [3.05, 3.63) is 53.6 Å². The summed E-state index contributed by atoms with van der Waals surface area (Å²) in [5.74, 6) is 1.02. The van der Waals surface area contributed by atoms with Gasteiger partial charge in [0.25, 0.3) is 5.91 Å². The number of hydrogen-bond donors (Lipinski definition) is 1. The molecule has 0 saturated carbocycles. The first kappa shape index (κ1) is 26.4. The van der Waals surface area contributed by atoms with E-state index in [1.807, 2.05) is 30.0 Å². The van der Waals surface area contributed by atoms with E-state index in [0.29, 0.717) is 34.7 Å². The van der Waals surface area contributed by atoms with Gasteiger partial charge in [-0.1, -0.05) is 24.6 Å². The van der Waals surface area contributed by atoms with Crippen LogP contribution in [0.15, 0.2) is 48.5 Å². The van der Waals surface area contributed by atoms with Crippen LogP contribution in [0.4, 0.5) is 11.4 Å². The Labute approximate surface area is 223 Å². The minimum absolute atomic E-state index is 0.000282. The van der Waals surface area contributed by atoms with Crippen LogP contribution in [-0.2, 0) is 9.59 Å². The first-order valence-corrected chi connectivity index (χ1v) is 13.3. The third-order valence-corrected chi connectivity index (χ3v) is 7.40. The first-order chi connectivity index (χ1) is 17.4. The molecule has 0 radical (unpaired) electrons. The zero-order chi connectivity index (χ0) is 25.7. The van der Waals surface area contributed by atoms with Gasteiger partial charge >= 0.3 is 0 Å². The average Bonchev–Trinajstić information content (AvgIpc) is 3.08. The highest BCUT2D eigenvalue weighted by molar-refractivity contribution is 7.80. The van der Waals surface area contributed by atoms with Gasteiger partial charge < -0.3 is 19.9 Å². The van der Waals surface area contributed by atoms with Crippen molar-refractivity contribution >= 4 is 52.1 Å². The Hall–Kier alpha value is -2.68. The molecule has 192 valence electrons. The number of likely N-dealkylation sites (tertiary alicyclic amines) is 1. The highest BCUT2D eigenvalue weighted by Gasteiger charge is 2.44. The van der Waals surface area contributed by atoms with Gasteiger partial charge in [0, 0.05) is 23.8 Å². The molecule has 1 unspecified atom stereocenters. The zero-order valence-corrected chi connectivity index (χ0v) is 22.4. The number of thiocarbonyl (C=S) groups is 1. The summed E-state index contributed by atoms with van der Waals surface area (Å²) in [4.78, 5) is 32.4. The number of halogens is 1. The summed E-state index contributed by atoms with van der Waals surface area (Å²) in [7, 11) is 0. The molecule has 9 heteroatoms. The van der Waals surface area contributed by atoms with Gasteiger partial charge in [-0.25, -0.2) is 0 Å². The van der Waals surface area contributed by atoms with Crippen molar-refractivity contribution in [2.75, 3.05) is 43.0 Å². The largest absolute Gasteiger partial charge is 0.494 e. The summed E-state index contributed by atoms with van der Waals surface area (Å²) >= 11 is 12.0. The van der Waals surface area contributed by atoms with Gasteiger partial charge in [0.1, 0.15) is 11.8 Å². The maximum absolute atomic E-state index is 13.6. The van der Waals surface area contributed by atoms with E-state index in [4.69, 9.17) is 28.6 Å². The summed E-state index contributed by atoms with van der Waals surface area (Å²) < 4.78 is 5.46. The lowest BCUT2D eigenvalue weighted by Crippen LogP contribution is -2.44. The molecule has 36 heavy (non-hydrogen) atoms. The summed E-state index contributed by atoms with van der Waals surface area (Å²) in [6, 6.07) is 13.6. The van der Waals surface area contributed by atoms with E-state index in [2.05, 4.69) is 17.1 Å². The van der Waals surface area contributed by atoms with Crippen molar-refractivity contribution in [1.29, 1.82) is 0 Å². The van der Waals surface area contributed by atoms with Crippen LogP contribution in [0.3, 0.4) is 0 Å². The molecule has 7 nitrogen and oxygen atoms in total. The minimum Gasteiger partial charge on any atom is -0.494 e. The Morgan fingerprint density at radius 3 is 2.53 bits per heavy atom. The van der Waals surface area contributed by atoms with Crippen molar-refractivity contribution in [3.63, 3.8) is 0 Å². The fraction of sp³-hybridized carbons (Fsp3) is 0.444. The minimum atomic E-state index is -0.678. The van der Waals surface area contributed by atoms with Crippen LogP contribution in [0.1, 0.15) is 33.1 Å². The standard InChI is InChI=1S/C27H33ClN4O3S/c1-3-35-23-9-7-21(8-10-23)29-25(33)18-24-26(34)32(22-6-4-5-20(28)17-22)27(36)31(24)16-15-30-13-11-19(2)12-14-30/h4-10,17,19,24H,3,11-16,18H2,1-2H3,(H,29,33). The zero-order valence-electron chi connectivity index (χ0n) is 20.8. The molecule has 0 spiro atoms. The second-order valence-electron chi connectivity index (χ2n) is 9.38. The predicted octanol–water partition coefficient (Wildman–Crippen LogP) is 4.80. The summed E-state index contributed by atoms with van der Waals surface area (Å²) in [5.41, 5.74) is 1.26. The second kappa shape index (κ2) is 12.0. The smallest absolute Gasteiger partial charge is 0.256 e. The number of carbonyl (C=O) groups excluding carboxylic acids is 2. The number of ether oxygens (including phenoxy) is 1. The van der Waals surface area contributed by atoms with Gasteiger partial charge in [-0.2, -0.15) is 0 Å². The maximum atomic E-state index is 13.6. The Morgan fingerprint density at radius 2 is 1.86 bits per heavy atom. The molecular formula is C27H33ClN4O3S. The second-order valence-corrected chi connectivity index (χ2v) is 10.2. The van der Waals surface area contributed by atoms with E-state index in [9.17, 15) is 9.59 Å². The Balaban J connectivity index is 1.48. The number of nitrogens with zero attached hydrogens (tertiary/aromatic N) is 3. The molecule has 2 aliphatic heterocycles. The number of piperidine rings is 1. The number of nitrogens with one attached hydrogen (secondary N) is 1. The number of amides is 2. The van der Waals surface area contributed by atoms with E-state index in [-0.39, 0.29) is 18.2 Å². The first-order valence-electron chi connectivity index (χ1n) is 12.5. The van der Waals surface area contributed by atoms with E-state index in [1.165, 1.54) is 17.7 Å². The summed E-state index contributed by atoms with van der Waals surface area (Å²) in [5, 5.41) is 3.83. The lowest BCUT2D eigenvalue weighted by Gasteiger charge is -2.32. The molecule has 0 aromatic heterocycles. The van der Waals surface area contributed by atoms with Crippen LogP contribution in [-0.4, -0.2) is 65.6 Å². The molecule has 0 aliphatic carbocycles. The molecular weight excluding hydrogens is 496 g/mol. The topological polar surface area (TPSA) is 65.1 Å². The lowest BCUT2D eigenvalue weighted by molar-refractivity contribution is -0.124. The lowest BCUT2D eigenvalue weighted by atomic mass is 9.99. The van der Waals surface area contributed by atoms with E-state index in [0.717, 1.165) is 31.3 Å². The molecule has 4 rings (SSSR count). The van der Waals surface area contributed by atoms with E-state index >= 15 is 0 Å². The molecule has 1 atom stereocenters. The van der Waals surface area contributed by atoms with E-state index < -0.39 is 6.04 Å². The van der Waals surface area contributed by atoms with Gasteiger partial charge in [0.15, 0.2) is 5.11 Å². The highest BCUT2D eigenvalue weighted by Crippen LogP contribution is 2.29. The van der Waals surface area contributed by atoms with E-state index in [1.54, 1.807) is 30.3 Å². The molecule has 2 aromatic carbocycles. The maximum Gasteiger partial charge on any atom is 0.256 e. The molecule has 2 aliphatic rings. The van der Waals surface area contributed by atoms with Crippen LogP contribution >= 0.6 is 23.8 Å². The average molecular weight is 529 g/mol. The Kier molecular flexibility index (Phi) is 8.82.